The van der Waals surface area contributed by atoms with E-state index in [1.807, 2.05) is 42.7 Å². The van der Waals surface area contributed by atoms with E-state index in [1.54, 1.807) is 35.7 Å². The van der Waals surface area contributed by atoms with Gasteiger partial charge in [0, 0.05) is 36.5 Å². The molecule has 2 amide bonds. The predicted molar refractivity (Wildman–Crippen MR) is 120 cm³/mol. The fourth-order valence-corrected chi connectivity index (χ4v) is 3.84. The molecule has 1 heterocycles. The third-order valence-corrected chi connectivity index (χ3v) is 6.16. The Kier molecular flexibility index (Phi) is 7.69. The lowest BCUT2D eigenvalue weighted by Gasteiger charge is -2.30. The first-order chi connectivity index (χ1) is 14.5. The monoisotopic (exact) mass is 426 g/mol. The Morgan fingerprint density at radius 3 is 2.50 bits per heavy atom. The molecule has 1 aliphatic heterocycles. The molecule has 0 saturated carbocycles. The second-order valence-electron chi connectivity index (χ2n) is 7.51. The number of carbonyl (C=O) groups is 2. The molecule has 1 N–H and O–H groups in total. The van der Waals surface area contributed by atoms with Gasteiger partial charge in [-0.25, -0.2) is 4.39 Å². The van der Waals surface area contributed by atoms with Gasteiger partial charge in [-0.3, -0.25) is 9.59 Å². The van der Waals surface area contributed by atoms with Crippen LogP contribution in [0, 0.1) is 18.7 Å². The standard InChI is InChI=1S/C24H27FN2O2S/c1-17-3-4-19(15-22(17)25)16-26-24(29)20-11-13-27(14-12-20)23(28)10-7-18-5-8-21(30-2)9-6-18/h3-10,15,20H,11-14,16H2,1-2H3,(H,26,29)/b10-7+. The summed E-state index contributed by atoms with van der Waals surface area (Å²) in [7, 11) is 0. The number of amides is 2. The summed E-state index contributed by atoms with van der Waals surface area (Å²) in [5, 5.41) is 2.89. The molecule has 2 aromatic carbocycles. The molecule has 6 heteroatoms. The summed E-state index contributed by atoms with van der Waals surface area (Å²) < 4.78 is 13.6. The van der Waals surface area contributed by atoms with Crippen LogP contribution < -0.4 is 5.32 Å². The number of aryl methyl sites for hydroxylation is 1. The maximum Gasteiger partial charge on any atom is 0.246 e. The van der Waals surface area contributed by atoms with E-state index in [4.69, 9.17) is 0 Å². The molecule has 1 aliphatic rings. The number of halogens is 1. The van der Waals surface area contributed by atoms with Crippen molar-refractivity contribution < 1.29 is 14.0 Å². The van der Waals surface area contributed by atoms with Crippen LogP contribution in [0.15, 0.2) is 53.4 Å². The maximum atomic E-state index is 13.6. The SMILES string of the molecule is CSc1ccc(/C=C/C(=O)N2CCC(C(=O)NCc3ccc(C)c(F)c3)CC2)cc1. The molecule has 0 aromatic heterocycles. The van der Waals surface area contributed by atoms with E-state index < -0.39 is 0 Å². The molecule has 3 rings (SSSR count). The van der Waals surface area contributed by atoms with Crippen LogP contribution in [0.25, 0.3) is 6.08 Å². The summed E-state index contributed by atoms with van der Waals surface area (Å²) >= 11 is 1.68. The first-order valence-electron chi connectivity index (χ1n) is 10.1. The molecule has 0 atom stereocenters. The molecule has 4 nitrogen and oxygen atoms in total. The van der Waals surface area contributed by atoms with Crippen LogP contribution >= 0.6 is 11.8 Å². The number of benzene rings is 2. The van der Waals surface area contributed by atoms with Crippen LogP contribution in [0.4, 0.5) is 4.39 Å². The van der Waals surface area contributed by atoms with E-state index >= 15 is 0 Å². The normalized spacial score (nSPS) is 14.8. The predicted octanol–water partition coefficient (Wildman–Crippen LogP) is 4.42. The molecule has 0 unspecified atom stereocenters. The molecule has 30 heavy (non-hydrogen) atoms. The van der Waals surface area contributed by atoms with E-state index in [9.17, 15) is 14.0 Å². The van der Waals surface area contributed by atoms with Gasteiger partial charge >= 0.3 is 0 Å². The van der Waals surface area contributed by atoms with Crippen molar-refractivity contribution in [2.75, 3.05) is 19.3 Å². The molecular formula is C24H27FN2O2S. The summed E-state index contributed by atoms with van der Waals surface area (Å²) in [6.45, 7) is 3.15. The van der Waals surface area contributed by atoms with Gasteiger partial charge in [0.1, 0.15) is 5.82 Å². The van der Waals surface area contributed by atoms with Crippen molar-refractivity contribution in [3.8, 4) is 0 Å². The molecule has 1 fully saturated rings. The minimum absolute atomic E-state index is 0.0297. The third kappa shape index (κ3) is 5.95. The zero-order chi connectivity index (χ0) is 21.5. The van der Waals surface area contributed by atoms with Crippen LogP contribution in [0.1, 0.15) is 29.5 Å². The van der Waals surface area contributed by atoms with Crippen molar-refractivity contribution in [2.24, 2.45) is 5.92 Å². The van der Waals surface area contributed by atoms with Crippen LogP contribution in [-0.4, -0.2) is 36.1 Å². The van der Waals surface area contributed by atoms with Gasteiger partial charge in [0.2, 0.25) is 11.8 Å². The van der Waals surface area contributed by atoms with Crippen molar-refractivity contribution >= 4 is 29.7 Å². The number of rotatable bonds is 6. The summed E-state index contributed by atoms with van der Waals surface area (Å²) in [6, 6.07) is 13.0. The Morgan fingerprint density at radius 1 is 1.17 bits per heavy atom. The summed E-state index contributed by atoms with van der Waals surface area (Å²) in [6.07, 6.45) is 6.72. The van der Waals surface area contributed by atoms with Crippen molar-refractivity contribution in [1.82, 2.24) is 10.2 Å². The second-order valence-corrected chi connectivity index (χ2v) is 8.39. The van der Waals surface area contributed by atoms with Crippen molar-refractivity contribution in [2.45, 2.75) is 31.2 Å². The fraction of sp³-hybridized carbons (Fsp3) is 0.333. The zero-order valence-electron chi connectivity index (χ0n) is 17.4. The molecule has 1 saturated heterocycles. The highest BCUT2D eigenvalue weighted by molar-refractivity contribution is 7.98. The zero-order valence-corrected chi connectivity index (χ0v) is 18.2. The molecule has 0 bridgehead atoms. The van der Waals surface area contributed by atoms with Crippen molar-refractivity contribution in [3.05, 3.63) is 71.0 Å². The third-order valence-electron chi connectivity index (χ3n) is 5.41. The van der Waals surface area contributed by atoms with Gasteiger partial charge in [-0.15, -0.1) is 11.8 Å². The van der Waals surface area contributed by atoms with Gasteiger partial charge in [0.05, 0.1) is 0 Å². The average Bonchev–Trinajstić information content (AvgIpc) is 2.78. The highest BCUT2D eigenvalue weighted by atomic mass is 32.2. The van der Waals surface area contributed by atoms with Gasteiger partial charge in [0.25, 0.3) is 0 Å². The lowest BCUT2D eigenvalue weighted by atomic mass is 9.95. The van der Waals surface area contributed by atoms with Gasteiger partial charge in [-0.1, -0.05) is 24.3 Å². The van der Waals surface area contributed by atoms with Gasteiger partial charge < -0.3 is 10.2 Å². The number of likely N-dealkylation sites (tertiary alicyclic amines) is 1. The highest BCUT2D eigenvalue weighted by Crippen LogP contribution is 2.19. The minimum atomic E-state index is -0.262. The number of hydrogen-bond donors (Lipinski definition) is 1. The Hall–Kier alpha value is -2.60. The van der Waals surface area contributed by atoms with E-state index in [0.717, 1.165) is 11.1 Å². The Labute approximate surface area is 181 Å². The fourth-order valence-electron chi connectivity index (χ4n) is 3.43. The van der Waals surface area contributed by atoms with E-state index in [1.165, 1.54) is 11.0 Å². The number of piperidine rings is 1. The largest absolute Gasteiger partial charge is 0.352 e. The molecule has 158 valence electrons. The van der Waals surface area contributed by atoms with Crippen LogP contribution in [-0.2, 0) is 16.1 Å². The van der Waals surface area contributed by atoms with Crippen molar-refractivity contribution in [3.63, 3.8) is 0 Å². The number of nitrogens with zero attached hydrogens (tertiary/aromatic N) is 1. The maximum absolute atomic E-state index is 13.6. The molecule has 0 radical (unpaired) electrons. The van der Waals surface area contributed by atoms with E-state index in [0.29, 0.717) is 38.0 Å². The number of hydrogen-bond acceptors (Lipinski definition) is 3. The summed E-state index contributed by atoms with van der Waals surface area (Å²) in [5.74, 6) is -0.445. The lowest BCUT2D eigenvalue weighted by molar-refractivity contribution is -0.132. The molecular weight excluding hydrogens is 399 g/mol. The quantitative estimate of drug-likeness (QED) is 0.549. The first-order valence-corrected chi connectivity index (χ1v) is 11.3. The Bertz CT molecular complexity index is 919. The molecule has 2 aromatic rings. The first kappa shape index (κ1) is 22.1. The van der Waals surface area contributed by atoms with Crippen molar-refractivity contribution in [1.29, 1.82) is 0 Å². The summed E-state index contributed by atoms with van der Waals surface area (Å²) in [5.41, 5.74) is 2.32. The average molecular weight is 427 g/mol. The Balaban J connectivity index is 1.44. The number of thioether (sulfide) groups is 1. The molecule has 0 spiro atoms. The van der Waals surface area contributed by atoms with Crippen LogP contribution in [0.5, 0.6) is 0 Å². The smallest absolute Gasteiger partial charge is 0.246 e. The molecule has 0 aliphatic carbocycles. The lowest BCUT2D eigenvalue weighted by Crippen LogP contribution is -2.42. The van der Waals surface area contributed by atoms with Crippen LogP contribution in [0.2, 0.25) is 0 Å². The van der Waals surface area contributed by atoms with Gasteiger partial charge in [-0.2, -0.15) is 0 Å². The van der Waals surface area contributed by atoms with E-state index in [-0.39, 0.29) is 23.5 Å². The number of carbonyl (C=O) groups excluding carboxylic acids is 2. The van der Waals surface area contributed by atoms with Crippen LogP contribution in [0.3, 0.4) is 0 Å². The minimum Gasteiger partial charge on any atom is -0.352 e. The van der Waals surface area contributed by atoms with Gasteiger partial charge in [0.15, 0.2) is 0 Å². The van der Waals surface area contributed by atoms with E-state index in [2.05, 4.69) is 5.32 Å². The topological polar surface area (TPSA) is 49.4 Å². The second kappa shape index (κ2) is 10.4. The number of nitrogens with one attached hydrogen (secondary N) is 1. The Morgan fingerprint density at radius 2 is 1.87 bits per heavy atom. The van der Waals surface area contributed by atoms with Gasteiger partial charge in [-0.05, 0) is 67.0 Å². The highest BCUT2D eigenvalue weighted by Gasteiger charge is 2.26. The summed E-state index contributed by atoms with van der Waals surface area (Å²) in [4.78, 5) is 27.8.